The van der Waals surface area contributed by atoms with Crippen LogP contribution in [0.15, 0.2) is 11.6 Å². The van der Waals surface area contributed by atoms with Crippen molar-refractivity contribution < 1.29 is 17.9 Å². The summed E-state index contributed by atoms with van der Waals surface area (Å²) in [4.78, 5) is 13.3. The van der Waals surface area contributed by atoms with Gasteiger partial charge in [0.05, 0.1) is 25.8 Å². The van der Waals surface area contributed by atoms with E-state index in [-0.39, 0.29) is 29.6 Å². The Hall–Kier alpha value is -2.38. The summed E-state index contributed by atoms with van der Waals surface area (Å²) in [5, 5.41) is 10.6. The molecule has 4 heterocycles. The zero-order valence-electron chi connectivity index (χ0n) is 13.9. The molecule has 1 aliphatic heterocycles. The van der Waals surface area contributed by atoms with E-state index in [0.717, 1.165) is 11.6 Å². The smallest absolute Gasteiger partial charge is 0.382 e. The van der Waals surface area contributed by atoms with Gasteiger partial charge in [0.25, 0.3) is 0 Å². The maximum Gasteiger partial charge on any atom is 0.451 e. The van der Waals surface area contributed by atoms with Crippen molar-refractivity contribution in [3.8, 4) is 0 Å². The van der Waals surface area contributed by atoms with Crippen molar-refractivity contribution >= 4 is 28.3 Å². The van der Waals surface area contributed by atoms with E-state index < -0.39 is 12.0 Å². The molecule has 0 radical (unpaired) electrons. The van der Waals surface area contributed by atoms with Gasteiger partial charge >= 0.3 is 6.18 Å². The molecule has 3 aromatic rings. The lowest BCUT2D eigenvalue weighted by atomic mass is 10.2. The van der Waals surface area contributed by atoms with Crippen LogP contribution in [0.4, 0.5) is 19.0 Å². The molecule has 2 N–H and O–H groups in total. The van der Waals surface area contributed by atoms with E-state index in [1.54, 1.807) is 17.5 Å². The Morgan fingerprint density at radius 2 is 2.19 bits per heavy atom. The number of ether oxygens (including phenoxy) is 1. The lowest BCUT2D eigenvalue weighted by Crippen LogP contribution is -2.43. The number of rotatable bonds is 4. The first kappa shape index (κ1) is 18.0. The molecule has 1 aliphatic rings. The van der Waals surface area contributed by atoms with Gasteiger partial charge in [-0.05, 0) is 0 Å². The maximum absolute atomic E-state index is 13.0. The maximum atomic E-state index is 13.0. The number of fused-ring (bicyclic) bond motifs is 1. The van der Waals surface area contributed by atoms with Gasteiger partial charge in [0.15, 0.2) is 17.0 Å². The Morgan fingerprint density at radius 1 is 1.33 bits per heavy atom. The third-order valence-corrected chi connectivity index (χ3v) is 4.85. The van der Waals surface area contributed by atoms with Crippen molar-refractivity contribution in [1.29, 1.82) is 0 Å². The van der Waals surface area contributed by atoms with Crippen LogP contribution in [-0.4, -0.2) is 60.6 Å². The highest BCUT2D eigenvalue weighted by atomic mass is 32.1. The first-order valence-electron chi connectivity index (χ1n) is 8.06. The molecule has 0 bridgehead atoms. The monoisotopic (exact) mass is 400 g/mol. The van der Waals surface area contributed by atoms with Crippen LogP contribution in [0.2, 0.25) is 0 Å². The highest BCUT2D eigenvalue weighted by Gasteiger charge is 2.36. The number of hydrogen-bond acceptors (Lipinski definition) is 9. The van der Waals surface area contributed by atoms with Gasteiger partial charge in [-0.1, -0.05) is 5.21 Å². The van der Waals surface area contributed by atoms with E-state index in [4.69, 9.17) is 10.5 Å². The van der Waals surface area contributed by atoms with Gasteiger partial charge in [-0.2, -0.15) is 13.2 Å². The van der Waals surface area contributed by atoms with E-state index >= 15 is 0 Å². The van der Waals surface area contributed by atoms with Crippen LogP contribution in [-0.2, 0) is 24.0 Å². The molecule has 13 heteroatoms. The number of hydrogen-bond donors (Lipinski definition) is 1. The third-order valence-electron chi connectivity index (χ3n) is 4.09. The molecule has 0 aliphatic carbocycles. The van der Waals surface area contributed by atoms with Crippen molar-refractivity contribution in [2.24, 2.45) is 0 Å². The van der Waals surface area contributed by atoms with Crippen LogP contribution in [0.3, 0.4) is 0 Å². The number of aromatic nitrogens is 6. The van der Waals surface area contributed by atoms with Gasteiger partial charge in [-0.15, -0.1) is 16.4 Å². The number of alkyl halides is 3. The Morgan fingerprint density at radius 3 is 2.93 bits per heavy atom. The van der Waals surface area contributed by atoms with E-state index in [2.05, 4.69) is 30.2 Å². The number of thiazole rings is 1. The first-order chi connectivity index (χ1) is 12.9. The highest BCUT2D eigenvalue weighted by molar-refractivity contribution is 7.09. The summed E-state index contributed by atoms with van der Waals surface area (Å²) in [6, 6.07) is 0. The van der Waals surface area contributed by atoms with Crippen LogP contribution in [0.1, 0.15) is 10.8 Å². The van der Waals surface area contributed by atoms with Crippen molar-refractivity contribution in [2.45, 2.75) is 25.4 Å². The molecule has 1 fully saturated rings. The third kappa shape index (κ3) is 3.84. The number of anilines is 1. The second kappa shape index (κ2) is 6.98. The van der Waals surface area contributed by atoms with Gasteiger partial charge in [0, 0.05) is 24.7 Å². The molecule has 0 unspecified atom stereocenters. The number of nitrogen functional groups attached to an aromatic ring is 1. The SMILES string of the molecule is Nc1nc(C(F)(F)F)nc2c1nnn2C[C@H]1CN(Cc2nccs2)CCO1. The molecular formula is C14H15F3N8OS. The molecule has 4 rings (SSSR count). The van der Waals surface area contributed by atoms with Crippen LogP contribution in [0, 0.1) is 0 Å². The van der Waals surface area contributed by atoms with Crippen LogP contribution < -0.4 is 5.73 Å². The average molecular weight is 400 g/mol. The molecular weight excluding hydrogens is 385 g/mol. The summed E-state index contributed by atoms with van der Waals surface area (Å²) < 4.78 is 45.9. The fourth-order valence-corrected chi connectivity index (χ4v) is 3.53. The number of halogens is 3. The zero-order valence-corrected chi connectivity index (χ0v) is 14.7. The summed E-state index contributed by atoms with van der Waals surface area (Å²) in [5.74, 6) is -1.67. The minimum Gasteiger partial charge on any atom is -0.382 e. The number of nitrogens with zero attached hydrogens (tertiary/aromatic N) is 7. The predicted octanol–water partition coefficient (Wildman–Crippen LogP) is 1.18. The van der Waals surface area contributed by atoms with Gasteiger partial charge < -0.3 is 10.5 Å². The lowest BCUT2D eigenvalue weighted by molar-refractivity contribution is -0.144. The number of morpholine rings is 1. The fraction of sp³-hybridized carbons (Fsp3) is 0.500. The average Bonchev–Trinajstić information content (AvgIpc) is 3.25. The van der Waals surface area contributed by atoms with Crippen molar-refractivity contribution in [3.63, 3.8) is 0 Å². The van der Waals surface area contributed by atoms with Crippen LogP contribution in [0.5, 0.6) is 0 Å². The molecule has 0 amide bonds. The predicted molar refractivity (Wildman–Crippen MR) is 89.7 cm³/mol. The quantitative estimate of drug-likeness (QED) is 0.696. The summed E-state index contributed by atoms with van der Waals surface area (Å²) in [6.45, 7) is 2.75. The van der Waals surface area contributed by atoms with Gasteiger partial charge in [0.2, 0.25) is 5.82 Å². The van der Waals surface area contributed by atoms with Crippen molar-refractivity contribution in [3.05, 3.63) is 22.4 Å². The topological polar surface area (TPSA) is 108 Å². The zero-order chi connectivity index (χ0) is 19.0. The fourth-order valence-electron chi connectivity index (χ4n) is 2.88. The minimum absolute atomic E-state index is 0.0402. The molecule has 9 nitrogen and oxygen atoms in total. The van der Waals surface area contributed by atoms with E-state index in [0.29, 0.717) is 19.7 Å². The first-order valence-corrected chi connectivity index (χ1v) is 8.94. The molecule has 27 heavy (non-hydrogen) atoms. The minimum atomic E-state index is -4.71. The van der Waals surface area contributed by atoms with Crippen LogP contribution >= 0.6 is 11.3 Å². The Bertz CT molecular complexity index is 928. The van der Waals surface area contributed by atoms with E-state index in [1.807, 2.05) is 5.38 Å². The summed E-state index contributed by atoms with van der Waals surface area (Å²) in [5.41, 5.74) is 5.57. The largest absolute Gasteiger partial charge is 0.451 e. The molecule has 144 valence electrons. The lowest BCUT2D eigenvalue weighted by Gasteiger charge is -2.32. The van der Waals surface area contributed by atoms with E-state index in [1.165, 1.54) is 4.68 Å². The Balaban J connectivity index is 1.53. The molecule has 3 aromatic heterocycles. The summed E-state index contributed by atoms with van der Waals surface area (Å²) in [7, 11) is 0. The van der Waals surface area contributed by atoms with Crippen molar-refractivity contribution in [2.75, 3.05) is 25.4 Å². The second-order valence-electron chi connectivity index (χ2n) is 6.03. The van der Waals surface area contributed by atoms with Crippen LogP contribution in [0.25, 0.3) is 11.2 Å². The second-order valence-corrected chi connectivity index (χ2v) is 7.01. The van der Waals surface area contributed by atoms with Gasteiger partial charge in [-0.3, -0.25) is 4.90 Å². The standard InChI is InChI=1S/C14H15F3N8OS/c15-14(16,17)13-20-11(18)10-12(21-13)25(23-22-10)6-8-5-24(2-3-26-8)7-9-19-1-4-27-9/h1,4,8H,2-3,5-7H2,(H2,18,20,21)/t8-/m1/s1. The number of nitrogens with two attached hydrogens (primary N) is 1. The molecule has 1 atom stereocenters. The van der Waals surface area contributed by atoms with E-state index in [9.17, 15) is 13.2 Å². The van der Waals surface area contributed by atoms with Gasteiger partial charge in [0.1, 0.15) is 5.01 Å². The normalized spacial score (nSPS) is 19.0. The molecule has 0 saturated carbocycles. The molecule has 1 saturated heterocycles. The Labute approximate surface area is 155 Å². The summed E-state index contributed by atoms with van der Waals surface area (Å²) >= 11 is 1.57. The summed E-state index contributed by atoms with van der Waals surface area (Å²) in [6.07, 6.45) is -3.22. The Kier molecular flexibility index (Phi) is 4.65. The van der Waals surface area contributed by atoms with Crippen molar-refractivity contribution in [1.82, 2.24) is 34.8 Å². The molecule has 0 aromatic carbocycles. The highest BCUT2D eigenvalue weighted by Crippen LogP contribution is 2.28. The molecule has 0 spiro atoms. The van der Waals surface area contributed by atoms with Gasteiger partial charge in [-0.25, -0.2) is 19.6 Å².